The van der Waals surface area contributed by atoms with Crippen molar-refractivity contribution in [2.24, 2.45) is 21.1 Å². The normalized spacial score (nSPS) is 17.3. The lowest BCUT2D eigenvalue weighted by Crippen LogP contribution is -2.36. The second-order valence-corrected chi connectivity index (χ2v) is 14.2. The number of nitro benzene ring substituents is 2. The summed E-state index contributed by atoms with van der Waals surface area (Å²) < 4.78 is 24.3. The molecule has 50 heavy (non-hydrogen) atoms. The number of hydrogen-bond donors (Lipinski definition) is 1. The van der Waals surface area contributed by atoms with Crippen LogP contribution in [-0.4, -0.2) is 67.8 Å². The maximum atomic E-state index is 11.7. The Morgan fingerprint density at radius 3 is 1.86 bits per heavy atom. The summed E-state index contributed by atoms with van der Waals surface area (Å²) >= 11 is 0. The number of nitro groups is 2. The Morgan fingerprint density at radius 1 is 0.740 bits per heavy atom. The van der Waals surface area contributed by atoms with Crippen LogP contribution in [0.3, 0.4) is 0 Å². The average molecular weight is 701 g/mol. The minimum absolute atomic E-state index is 0.0704. The summed E-state index contributed by atoms with van der Waals surface area (Å²) in [5.74, 6) is 0.0704. The first-order valence-corrected chi connectivity index (χ1v) is 18.0. The fourth-order valence-electron chi connectivity index (χ4n) is 6.14. The Hall–Kier alpha value is -3.52. The van der Waals surface area contributed by atoms with Crippen LogP contribution in [0.4, 0.5) is 22.7 Å². The molecule has 13 heteroatoms. The van der Waals surface area contributed by atoms with E-state index in [9.17, 15) is 25.3 Å². The predicted octanol–water partition coefficient (Wildman–Crippen LogP) is 9.57. The number of phenolic OH excluding ortho intramolecular Hbond substituents is 1. The third kappa shape index (κ3) is 14.4. The zero-order valence-electron chi connectivity index (χ0n) is 30.1. The molecule has 0 aliphatic carbocycles. The van der Waals surface area contributed by atoms with Crippen molar-refractivity contribution in [1.82, 2.24) is 0 Å². The molecule has 1 heterocycles. The summed E-state index contributed by atoms with van der Waals surface area (Å²) in [7, 11) is 0. The van der Waals surface area contributed by atoms with Crippen LogP contribution in [-0.2, 0) is 25.4 Å². The first kappa shape index (κ1) is 40.9. The molecule has 0 radical (unpaired) electrons. The van der Waals surface area contributed by atoms with Gasteiger partial charge in [0.2, 0.25) is 0 Å². The highest BCUT2D eigenvalue weighted by Gasteiger charge is 2.33. The summed E-state index contributed by atoms with van der Waals surface area (Å²) in [6.07, 6.45) is 13.4. The molecule has 1 fully saturated rings. The third-order valence-electron chi connectivity index (χ3n) is 8.88. The molecule has 0 unspecified atom stereocenters. The molecule has 3 rings (SSSR count). The van der Waals surface area contributed by atoms with Crippen LogP contribution in [0.2, 0.25) is 0 Å². The summed E-state index contributed by atoms with van der Waals surface area (Å²) in [5, 5.41) is 42.2. The van der Waals surface area contributed by atoms with Crippen molar-refractivity contribution in [3.63, 3.8) is 0 Å². The highest BCUT2D eigenvalue weighted by Crippen LogP contribution is 2.39. The van der Waals surface area contributed by atoms with E-state index in [2.05, 4.69) is 31.0 Å². The van der Waals surface area contributed by atoms with Crippen LogP contribution < -0.4 is 0 Å². The topological polar surface area (TPSA) is 168 Å². The van der Waals surface area contributed by atoms with E-state index in [-0.39, 0.29) is 16.9 Å². The molecule has 2 aromatic rings. The van der Waals surface area contributed by atoms with Gasteiger partial charge in [-0.1, -0.05) is 91.0 Å². The minimum Gasteiger partial charge on any atom is -0.508 e. The van der Waals surface area contributed by atoms with Gasteiger partial charge in [0, 0.05) is 16.9 Å². The molecule has 2 aromatic carbocycles. The van der Waals surface area contributed by atoms with Crippen molar-refractivity contribution in [3.8, 4) is 5.75 Å². The Balaban J connectivity index is 1.79. The van der Waals surface area contributed by atoms with Crippen molar-refractivity contribution in [2.45, 2.75) is 97.8 Å². The van der Waals surface area contributed by atoms with Crippen molar-refractivity contribution >= 4 is 22.7 Å². The Kier molecular flexibility index (Phi) is 17.7. The van der Waals surface area contributed by atoms with Crippen molar-refractivity contribution < 1.29 is 33.9 Å². The highest BCUT2D eigenvalue weighted by atomic mass is 16.6. The molecule has 0 amide bonds. The van der Waals surface area contributed by atoms with Gasteiger partial charge in [0.05, 0.1) is 68.4 Å². The lowest BCUT2D eigenvalue weighted by Gasteiger charge is -2.34. The first-order chi connectivity index (χ1) is 24.1. The maximum absolute atomic E-state index is 11.7. The number of azo groups is 1. The van der Waals surface area contributed by atoms with Gasteiger partial charge in [0.1, 0.15) is 5.75 Å². The quantitative estimate of drug-likeness (QED) is 0.0731. The molecule has 1 aliphatic heterocycles. The largest absolute Gasteiger partial charge is 0.508 e. The number of hydrogen-bond acceptors (Lipinski definition) is 11. The molecule has 0 bridgehead atoms. The fourth-order valence-corrected chi connectivity index (χ4v) is 6.14. The Morgan fingerprint density at radius 2 is 1.30 bits per heavy atom. The number of nitrogens with zero attached hydrogens (tertiary/aromatic N) is 4. The minimum atomic E-state index is -0.837. The number of aromatic hydroxyl groups is 1. The zero-order chi connectivity index (χ0) is 36.2. The molecule has 0 saturated carbocycles. The molecular formula is C37H56N4O9. The van der Waals surface area contributed by atoms with E-state index in [4.69, 9.17) is 18.9 Å². The summed E-state index contributed by atoms with van der Waals surface area (Å²) in [4.78, 5) is 21.4. The van der Waals surface area contributed by atoms with Crippen LogP contribution in [0, 0.1) is 31.1 Å². The summed E-state index contributed by atoms with van der Waals surface area (Å²) in [6, 6.07) is 8.41. The molecule has 13 nitrogen and oxygen atoms in total. The Labute approximate surface area is 296 Å². The molecule has 0 spiro atoms. The van der Waals surface area contributed by atoms with E-state index in [0.29, 0.717) is 70.5 Å². The SMILES string of the molecule is CCCCCCCCCCCCC1(Cc2cc(N=Nc3cccc([N+](=O)[O-])c3[N+](=O)[O-])ccc2O)COCCOCC(C)(C)COCCOC1. The second-order valence-electron chi connectivity index (χ2n) is 14.2. The highest BCUT2D eigenvalue weighted by molar-refractivity contribution is 5.68. The average Bonchev–Trinajstić information content (AvgIpc) is 3.08. The van der Waals surface area contributed by atoms with Crippen molar-refractivity contribution in [1.29, 1.82) is 0 Å². The van der Waals surface area contributed by atoms with Crippen LogP contribution >= 0.6 is 0 Å². The van der Waals surface area contributed by atoms with E-state index >= 15 is 0 Å². The number of unbranched alkanes of at least 4 members (excludes halogenated alkanes) is 9. The molecule has 278 valence electrons. The number of para-hydroxylation sites is 1. The zero-order valence-corrected chi connectivity index (χ0v) is 30.1. The molecule has 1 saturated heterocycles. The lowest BCUT2D eigenvalue weighted by molar-refractivity contribution is -0.421. The van der Waals surface area contributed by atoms with Gasteiger partial charge < -0.3 is 24.1 Å². The first-order valence-electron chi connectivity index (χ1n) is 18.0. The van der Waals surface area contributed by atoms with Gasteiger partial charge in [0.15, 0.2) is 5.69 Å². The monoisotopic (exact) mass is 700 g/mol. The third-order valence-corrected chi connectivity index (χ3v) is 8.88. The molecule has 0 atom stereocenters. The van der Waals surface area contributed by atoms with Gasteiger partial charge in [-0.05, 0) is 42.7 Å². The Bertz CT molecular complexity index is 1350. The smallest absolute Gasteiger partial charge is 0.373 e. The standard InChI is InChI=1S/C37H56N4O9/c1-4-5-6-7-8-9-10-11-12-13-19-37(28-49-22-20-47-26-36(2,3)27-48-21-23-50-29-37)25-30-24-31(17-18-34(30)42)38-39-32-15-14-16-33(40(43)44)35(32)41(45)46/h14-18,24,42H,4-13,19-23,25-29H2,1-3H3. The van der Waals surface area contributed by atoms with Gasteiger partial charge in [0.25, 0.3) is 0 Å². The molecule has 1 aliphatic rings. The summed E-state index contributed by atoms with van der Waals surface area (Å²) in [6.45, 7) is 10.0. The van der Waals surface area contributed by atoms with Crippen LogP contribution in [0.5, 0.6) is 5.75 Å². The van der Waals surface area contributed by atoms with Crippen LogP contribution in [0.25, 0.3) is 0 Å². The van der Waals surface area contributed by atoms with Crippen LogP contribution in [0.1, 0.15) is 97.0 Å². The number of rotatable bonds is 17. The van der Waals surface area contributed by atoms with E-state index < -0.39 is 26.6 Å². The molecule has 0 aromatic heterocycles. The number of ether oxygens (including phenoxy) is 4. The lowest BCUT2D eigenvalue weighted by atomic mass is 9.78. The van der Waals surface area contributed by atoms with Crippen LogP contribution in [0.15, 0.2) is 46.6 Å². The van der Waals surface area contributed by atoms with Gasteiger partial charge in [-0.25, -0.2) is 0 Å². The van der Waals surface area contributed by atoms with E-state index in [1.54, 1.807) is 6.07 Å². The second kappa shape index (κ2) is 21.6. The predicted molar refractivity (Wildman–Crippen MR) is 192 cm³/mol. The molecule has 1 N–H and O–H groups in total. The van der Waals surface area contributed by atoms with E-state index in [1.165, 1.54) is 69.2 Å². The van der Waals surface area contributed by atoms with Gasteiger partial charge >= 0.3 is 11.4 Å². The van der Waals surface area contributed by atoms with Gasteiger partial charge in [-0.3, -0.25) is 20.2 Å². The number of benzene rings is 2. The van der Waals surface area contributed by atoms with E-state index in [0.717, 1.165) is 31.7 Å². The maximum Gasteiger partial charge on any atom is 0.373 e. The van der Waals surface area contributed by atoms with Gasteiger partial charge in [-0.15, -0.1) is 5.11 Å². The van der Waals surface area contributed by atoms with Gasteiger partial charge in [-0.2, -0.15) is 5.11 Å². The number of phenols is 1. The molecular weight excluding hydrogens is 644 g/mol. The van der Waals surface area contributed by atoms with Crippen molar-refractivity contribution in [2.75, 3.05) is 52.9 Å². The summed E-state index contributed by atoms with van der Waals surface area (Å²) in [5.41, 5.74) is -1.30. The van der Waals surface area contributed by atoms with E-state index in [1.807, 2.05) is 0 Å². The van der Waals surface area contributed by atoms with Crippen molar-refractivity contribution in [3.05, 3.63) is 62.2 Å². The fraction of sp³-hybridized carbons (Fsp3) is 0.676.